The standard InChI is InChI=1S/C12H15BrN2/c13-9-1-2-12-10(5-9)11-7-14-6-8(11)3-4-15-12/h1-2,5,8,11,14-15H,3-4,6-7H2/t8-,11-/m1/s1. The van der Waals surface area contributed by atoms with E-state index in [2.05, 4.69) is 44.8 Å². The van der Waals surface area contributed by atoms with Gasteiger partial charge in [-0.05, 0) is 42.6 Å². The topological polar surface area (TPSA) is 24.1 Å². The normalized spacial score (nSPS) is 28.9. The van der Waals surface area contributed by atoms with E-state index in [4.69, 9.17) is 0 Å². The van der Waals surface area contributed by atoms with Gasteiger partial charge in [-0.15, -0.1) is 0 Å². The zero-order chi connectivity index (χ0) is 10.3. The molecule has 0 saturated carbocycles. The smallest absolute Gasteiger partial charge is 0.0376 e. The molecule has 0 bridgehead atoms. The molecule has 3 heteroatoms. The lowest BCUT2D eigenvalue weighted by Crippen LogP contribution is -2.11. The van der Waals surface area contributed by atoms with E-state index in [9.17, 15) is 0 Å². The molecule has 1 aromatic carbocycles. The van der Waals surface area contributed by atoms with E-state index in [-0.39, 0.29) is 0 Å². The van der Waals surface area contributed by atoms with Crippen molar-refractivity contribution in [3.8, 4) is 0 Å². The summed E-state index contributed by atoms with van der Waals surface area (Å²) < 4.78 is 1.19. The van der Waals surface area contributed by atoms with Crippen LogP contribution in [0.5, 0.6) is 0 Å². The summed E-state index contributed by atoms with van der Waals surface area (Å²) in [5, 5.41) is 7.04. The SMILES string of the molecule is Brc1ccc2c(c1)[C@@H]1CNC[C@H]1CCN2. The Morgan fingerprint density at radius 1 is 1.27 bits per heavy atom. The molecule has 0 spiro atoms. The molecule has 2 nitrogen and oxygen atoms in total. The van der Waals surface area contributed by atoms with Crippen molar-refractivity contribution in [2.24, 2.45) is 5.92 Å². The first-order chi connectivity index (χ1) is 7.34. The van der Waals surface area contributed by atoms with E-state index < -0.39 is 0 Å². The average molecular weight is 267 g/mol. The predicted molar refractivity (Wildman–Crippen MR) is 66.3 cm³/mol. The van der Waals surface area contributed by atoms with Gasteiger partial charge in [0.2, 0.25) is 0 Å². The van der Waals surface area contributed by atoms with Crippen molar-refractivity contribution in [3.63, 3.8) is 0 Å². The van der Waals surface area contributed by atoms with Gasteiger partial charge in [0.25, 0.3) is 0 Å². The maximum atomic E-state index is 3.56. The first kappa shape index (κ1) is 9.67. The molecule has 1 fully saturated rings. The van der Waals surface area contributed by atoms with Gasteiger partial charge < -0.3 is 10.6 Å². The van der Waals surface area contributed by atoms with Crippen LogP contribution >= 0.6 is 15.9 Å². The lowest BCUT2D eigenvalue weighted by molar-refractivity contribution is 0.503. The first-order valence-electron chi connectivity index (χ1n) is 5.58. The monoisotopic (exact) mass is 266 g/mol. The van der Waals surface area contributed by atoms with Gasteiger partial charge in [-0.3, -0.25) is 0 Å². The Hall–Kier alpha value is -0.540. The van der Waals surface area contributed by atoms with Gasteiger partial charge in [0.05, 0.1) is 0 Å². The number of halogens is 1. The second-order valence-corrected chi connectivity index (χ2v) is 5.39. The summed E-state index contributed by atoms with van der Waals surface area (Å²) in [4.78, 5) is 0. The Morgan fingerprint density at radius 3 is 3.13 bits per heavy atom. The van der Waals surface area contributed by atoms with Crippen molar-refractivity contribution in [2.75, 3.05) is 25.0 Å². The van der Waals surface area contributed by atoms with Gasteiger partial charge in [-0.1, -0.05) is 15.9 Å². The zero-order valence-corrected chi connectivity index (χ0v) is 10.2. The summed E-state index contributed by atoms with van der Waals surface area (Å²) in [6.45, 7) is 3.42. The first-order valence-corrected chi connectivity index (χ1v) is 6.38. The van der Waals surface area contributed by atoms with Crippen LogP contribution in [0.1, 0.15) is 17.9 Å². The van der Waals surface area contributed by atoms with Crippen LogP contribution in [0.2, 0.25) is 0 Å². The summed E-state index contributed by atoms with van der Waals surface area (Å²) >= 11 is 3.56. The van der Waals surface area contributed by atoms with Crippen molar-refractivity contribution >= 4 is 21.6 Å². The number of hydrogen-bond acceptors (Lipinski definition) is 2. The highest BCUT2D eigenvalue weighted by atomic mass is 79.9. The third kappa shape index (κ3) is 1.68. The predicted octanol–water partition coefficient (Wildman–Crippen LogP) is 2.57. The second kappa shape index (κ2) is 3.80. The lowest BCUT2D eigenvalue weighted by atomic mass is 9.87. The molecule has 0 unspecified atom stereocenters. The Labute approximate surface area is 98.6 Å². The van der Waals surface area contributed by atoms with E-state index in [0.717, 1.165) is 19.0 Å². The highest BCUT2D eigenvalue weighted by molar-refractivity contribution is 9.10. The van der Waals surface area contributed by atoms with Crippen LogP contribution in [0.25, 0.3) is 0 Å². The Morgan fingerprint density at radius 2 is 2.20 bits per heavy atom. The van der Waals surface area contributed by atoms with Gasteiger partial charge in [0, 0.05) is 29.2 Å². The van der Waals surface area contributed by atoms with Crippen molar-refractivity contribution < 1.29 is 0 Å². The maximum Gasteiger partial charge on any atom is 0.0376 e. The van der Waals surface area contributed by atoms with Gasteiger partial charge in [0.1, 0.15) is 0 Å². The molecule has 2 N–H and O–H groups in total. The van der Waals surface area contributed by atoms with Gasteiger partial charge >= 0.3 is 0 Å². The number of rotatable bonds is 0. The van der Waals surface area contributed by atoms with Crippen LogP contribution in [0.15, 0.2) is 22.7 Å². The van der Waals surface area contributed by atoms with Crippen molar-refractivity contribution in [3.05, 3.63) is 28.2 Å². The molecule has 2 heterocycles. The molecule has 2 aliphatic heterocycles. The highest BCUT2D eigenvalue weighted by Crippen LogP contribution is 2.38. The van der Waals surface area contributed by atoms with Crippen LogP contribution in [0.4, 0.5) is 5.69 Å². The maximum absolute atomic E-state index is 3.56. The van der Waals surface area contributed by atoms with Crippen molar-refractivity contribution in [2.45, 2.75) is 12.3 Å². The Bertz CT molecular complexity index is 378. The van der Waals surface area contributed by atoms with Crippen molar-refractivity contribution in [1.82, 2.24) is 5.32 Å². The third-order valence-corrected chi connectivity index (χ3v) is 4.08. The quantitative estimate of drug-likeness (QED) is 0.755. The van der Waals surface area contributed by atoms with E-state index in [1.54, 1.807) is 0 Å². The highest BCUT2D eigenvalue weighted by Gasteiger charge is 2.31. The number of fused-ring (bicyclic) bond motifs is 3. The van der Waals surface area contributed by atoms with Crippen LogP contribution in [-0.2, 0) is 0 Å². The summed E-state index contributed by atoms with van der Waals surface area (Å²) in [6.07, 6.45) is 1.28. The van der Waals surface area contributed by atoms with E-state index in [0.29, 0.717) is 5.92 Å². The molecular weight excluding hydrogens is 252 g/mol. The fourth-order valence-electron chi connectivity index (χ4n) is 2.79. The van der Waals surface area contributed by atoms with E-state index in [1.807, 2.05) is 0 Å². The summed E-state index contributed by atoms with van der Waals surface area (Å²) in [7, 11) is 0. The zero-order valence-electron chi connectivity index (χ0n) is 8.59. The molecule has 0 amide bonds. The average Bonchev–Trinajstić information content (AvgIpc) is 2.62. The molecule has 80 valence electrons. The fourth-order valence-corrected chi connectivity index (χ4v) is 3.17. The molecule has 1 saturated heterocycles. The van der Waals surface area contributed by atoms with E-state index in [1.165, 1.54) is 28.7 Å². The lowest BCUT2D eigenvalue weighted by Gasteiger charge is -2.16. The van der Waals surface area contributed by atoms with Crippen molar-refractivity contribution in [1.29, 1.82) is 0 Å². The minimum atomic E-state index is 0.701. The molecule has 2 aliphatic rings. The van der Waals surface area contributed by atoms with Gasteiger partial charge in [-0.25, -0.2) is 0 Å². The third-order valence-electron chi connectivity index (χ3n) is 3.58. The Kier molecular flexibility index (Phi) is 2.45. The molecule has 2 atom stereocenters. The van der Waals surface area contributed by atoms with Gasteiger partial charge in [-0.2, -0.15) is 0 Å². The van der Waals surface area contributed by atoms with Crippen LogP contribution in [-0.4, -0.2) is 19.6 Å². The number of hydrogen-bond donors (Lipinski definition) is 2. The summed E-state index contributed by atoms with van der Waals surface area (Å²) in [5.41, 5.74) is 2.81. The van der Waals surface area contributed by atoms with E-state index >= 15 is 0 Å². The molecule has 3 rings (SSSR count). The molecule has 0 aromatic heterocycles. The van der Waals surface area contributed by atoms with Crippen LogP contribution < -0.4 is 10.6 Å². The molecule has 15 heavy (non-hydrogen) atoms. The largest absolute Gasteiger partial charge is 0.385 e. The minimum Gasteiger partial charge on any atom is -0.385 e. The Balaban J connectivity index is 2.06. The van der Waals surface area contributed by atoms with Crippen LogP contribution in [0.3, 0.4) is 0 Å². The fraction of sp³-hybridized carbons (Fsp3) is 0.500. The number of benzene rings is 1. The summed E-state index contributed by atoms with van der Waals surface area (Å²) in [6, 6.07) is 6.59. The molecule has 1 aromatic rings. The van der Waals surface area contributed by atoms with Gasteiger partial charge in [0.15, 0.2) is 0 Å². The molecule has 0 aliphatic carbocycles. The minimum absolute atomic E-state index is 0.701. The van der Waals surface area contributed by atoms with Crippen LogP contribution in [0, 0.1) is 5.92 Å². The number of nitrogens with one attached hydrogen (secondary N) is 2. The molecule has 0 radical (unpaired) electrons. The number of anilines is 1. The summed E-state index contributed by atoms with van der Waals surface area (Å²) in [5.74, 6) is 1.51. The molecular formula is C12H15BrN2. The second-order valence-electron chi connectivity index (χ2n) is 4.47.